The smallest absolute Gasteiger partial charge is 0.234 e. The second-order valence-electron chi connectivity index (χ2n) is 7.54. The van der Waals surface area contributed by atoms with Gasteiger partial charge in [-0.1, -0.05) is 6.07 Å². The summed E-state index contributed by atoms with van der Waals surface area (Å²) < 4.78 is 10.5. The number of likely N-dealkylation sites (tertiary alicyclic amines) is 2. The van der Waals surface area contributed by atoms with Gasteiger partial charge in [0.05, 0.1) is 26.2 Å². The highest BCUT2D eigenvalue weighted by molar-refractivity contribution is 5.84. The van der Waals surface area contributed by atoms with Crippen molar-refractivity contribution in [3.8, 4) is 11.5 Å². The average molecular weight is 375 g/mol. The lowest BCUT2D eigenvalue weighted by atomic mass is 9.78. The molecule has 7 heteroatoms. The molecule has 1 aromatic rings. The van der Waals surface area contributed by atoms with Gasteiger partial charge in [0, 0.05) is 26.7 Å². The molecule has 0 saturated carbocycles. The average Bonchev–Trinajstić information content (AvgIpc) is 3.07. The number of piperidine rings is 1. The highest BCUT2D eigenvalue weighted by Crippen LogP contribution is 2.39. The van der Waals surface area contributed by atoms with E-state index >= 15 is 0 Å². The van der Waals surface area contributed by atoms with Crippen LogP contribution in [0.2, 0.25) is 0 Å². The Morgan fingerprint density at radius 2 is 1.96 bits per heavy atom. The molecule has 3 rings (SSSR count). The molecule has 1 aromatic carbocycles. The second kappa shape index (κ2) is 8.17. The molecule has 0 unspecified atom stereocenters. The summed E-state index contributed by atoms with van der Waals surface area (Å²) in [6.45, 7) is 3.07. The zero-order chi connectivity index (χ0) is 19.4. The van der Waals surface area contributed by atoms with Gasteiger partial charge in [0.25, 0.3) is 0 Å². The van der Waals surface area contributed by atoms with Crippen molar-refractivity contribution in [2.75, 3.05) is 47.4 Å². The summed E-state index contributed by atoms with van der Waals surface area (Å²) in [6.07, 6.45) is 2.82. The fourth-order valence-electron chi connectivity index (χ4n) is 4.19. The SMILES string of the molecule is COc1ccc(CNC(=O)CN2CC[C@]3(CCCN(C)C3=O)C2)cc1OC. The number of carbonyl (C=O) groups is 2. The Bertz CT molecular complexity index is 708. The van der Waals surface area contributed by atoms with Crippen molar-refractivity contribution >= 4 is 11.8 Å². The lowest BCUT2D eigenvalue weighted by molar-refractivity contribution is -0.144. The summed E-state index contributed by atoms with van der Waals surface area (Å²) >= 11 is 0. The highest BCUT2D eigenvalue weighted by Gasteiger charge is 2.47. The Hall–Kier alpha value is -2.28. The molecule has 0 radical (unpaired) electrons. The van der Waals surface area contributed by atoms with Crippen LogP contribution in [0.4, 0.5) is 0 Å². The summed E-state index contributed by atoms with van der Waals surface area (Å²) in [4.78, 5) is 28.9. The Morgan fingerprint density at radius 3 is 2.70 bits per heavy atom. The molecule has 27 heavy (non-hydrogen) atoms. The van der Waals surface area contributed by atoms with E-state index < -0.39 is 0 Å². The molecule has 1 spiro atoms. The van der Waals surface area contributed by atoms with Gasteiger partial charge >= 0.3 is 0 Å². The standard InChI is InChI=1S/C20H29N3O4/c1-22-9-4-7-20(19(22)25)8-10-23(14-20)13-18(24)21-12-15-5-6-16(26-2)17(11-15)27-3/h5-6,11H,4,7-10,12-14H2,1-3H3,(H,21,24)/t20-/m1/s1. The van der Waals surface area contributed by atoms with Crippen LogP contribution >= 0.6 is 0 Å². The fourth-order valence-corrected chi connectivity index (χ4v) is 4.19. The number of nitrogens with zero attached hydrogens (tertiary/aromatic N) is 2. The van der Waals surface area contributed by atoms with Crippen LogP contribution in [0.25, 0.3) is 0 Å². The largest absolute Gasteiger partial charge is 0.493 e. The molecule has 2 fully saturated rings. The van der Waals surface area contributed by atoms with Gasteiger partial charge in [0.2, 0.25) is 11.8 Å². The molecule has 2 aliphatic heterocycles. The minimum atomic E-state index is -0.281. The topological polar surface area (TPSA) is 71.1 Å². The van der Waals surface area contributed by atoms with Crippen LogP contribution in [0.5, 0.6) is 11.5 Å². The molecular weight excluding hydrogens is 346 g/mol. The highest BCUT2D eigenvalue weighted by atomic mass is 16.5. The van der Waals surface area contributed by atoms with Crippen LogP contribution in [0.3, 0.4) is 0 Å². The molecule has 1 atom stereocenters. The number of nitrogens with one attached hydrogen (secondary N) is 1. The van der Waals surface area contributed by atoms with Gasteiger partial charge in [-0.25, -0.2) is 0 Å². The van der Waals surface area contributed by atoms with Crippen molar-refractivity contribution in [1.29, 1.82) is 0 Å². The number of methoxy groups -OCH3 is 2. The Kier molecular flexibility index (Phi) is 5.89. The maximum Gasteiger partial charge on any atom is 0.234 e. The van der Waals surface area contributed by atoms with E-state index in [0.717, 1.165) is 37.9 Å². The first kappa shape index (κ1) is 19.5. The van der Waals surface area contributed by atoms with E-state index in [9.17, 15) is 9.59 Å². The van der Waals surface area contributed by atoms with Crippen LogP contribution in [-0.2, 0) is 16.1 Å². The third-order valence-electron chi connectivity index (χ3n) is 5.69. The minimum absolute atomic E-state index is 0.0292. The zero-order valence-electron chi connectivity index (χ0n) is 16.4. The van der Waals surface area contributed by atoms with Crippen molar-refractivity contribution < 1.29 is 19.1 Å². The number of ether oxygens (including phenoxy) is 2. The van der Waals surface area contributed by atoms with E-state index in [-0.39, 0.29) is 17.2 Å². The fraction of sp³-hybridized carbons (Fsp3) is 0.600. The summed E-state index contributed by atoms with van der Waals surface area (Å²) in [5, 5.41) is 2.95. The number of carbonyl (C=O) groups excluding carboxylic acids is 2. The second-order valence-corrected chi connectivity index (χ2v) is 7.54. The first-order valence-corrected chi connectivity index (χ1v) is 9.43. The van der Waals surface area contributed by atoms with Crippen LogP contribution in [0, 0.1) is 5.41 Å². The van der Waals surface area contributed by atoms with Gasteiger partial charge < -0.3 is 19.7 Å². The zero-order valence-corrected chi connectivity index (χ0v) is 16.4. The monoisotopic (exact) mass is 375 g/mol. The van der Waals surface area contributed by atoms with E-state index in [4.69, 9.17) is 9.47 Å². The van der Waals surface area contributed by atoms with Crippen molar-refractivity contribution in [3.63, 3.8) is 0 Å². The molecule has 2 saturated heterocycles. The van der Waals surface area contributed by atoms with Crippen LogP contribution in [0.1, 0.15) is 24.8 Å². The number of hydrogen-bond donors (Lipinski definition) is 1. The maximum absolute atomic E-state index is 12.6. The molecule has 2 aliphatic rings. The predicted octanol–water partition coefficient (Wildman–Crippen LogP) is 1.26. The number of rotatable bonds is 6. The summed E-state index contributed by atoms with van der Waals surface area (Å²) in [6, 6.07) is 5.60. The molecule has 148 valence electrons. The molecule has 2 amide bonds. The van der Waals surface area contributed by atoms with Crippen LogP contribution < -0.4 is 14.8 Å². The summed E-state index contributed by atoms with van der Waals surface area (Å²) in [7, 11) is 5.06. The van der Waals surface area contributed by atoms with Gasteiger partial charge in [0.1, 0.15) is 0 Å². The van der Waals surface area contributed by atoms with Crippen molar-refractivity contribution in [2.24, 2.45) is 5.41 Å². The quantitative estimate of drug-likeness (QED) is 0.811. The van der Waals surface area contributed by atoms with Crippen molar-refractivity contribution in [3.05, 3.63) is 23.8 Å². The number of amides is 2. The third-order valence-corrected chi connectivity index (χ3v) is 5.69. The van der Waals surface area contributed by atoms with Crippen LogP contribution in [-0.4, -0.2) is 69.1 Å². The van der Waals surface area contributed by atoms with Gasteiger partial charge in [-0.15, -0.1) is 0 Å². The number of benzene rings is 1. The van der Waals surface area contributed by atoms with E-state index in [1.54, 1.807) is 14.2 Å². The number of hydrogen-bond acceptors (Lipinski definition) is 5. The first-order chi connectivity index (χ1) is 13.0. The Morgan fingerprint density at radius 1 is 1.19 bits per heavy atom. The molecule has 0 aliphatic carbocycles. The van der Waals surface area contributed by atoms with E-state index in [1.807, 2.05) is 30.1 Å². The molecule has 7 nitrogen and oxygen atoms in total. The van der Waals surface area contributed by atoms with Gasteiger partial charge in [-0.3, -0.25) is 14.5 Å². The Labute approximate surface area is 160 Å². The molecule has 0 aromatic heterocycles. The predicted molar refractivity (Wildman–Crippen MR) is 102 cm³/mol. The van der Waals surface area contributed by atoms with Gasteiger partial charge in [0.15, 0.2) is 11.5 Å². The molecule has 2 heterocycles. The molecule has 1 N–H and O–H groups in total. The van der Waals surface area contributed by atoms with E-state index in [0.29, 0.717) is 31.1 Å². The van der Waals surface area contributed by atoms with Gasteiger partial charge in [-0.05, 0) is 43.5 Å². The molecular formula is C20H29N3O4. The lowest BCUT2D eigenvalue weighted by Gasteiger charge is -2.37. The summed E-state index contributed by atoms with van der Waals surface area (Å²) in [5.74, 6) is 1.52. The normalized spacial score (nSPS) is 22.9. The van der Waals surface area contributed by atoms with E-state index in [2.05, 4.69) is 10.2 Å². The van der Waals surface area contributed by atoms with Crippen LogP contribution in [0.15, 0.2) is 18.2 Å². The third kappa shape index (κ3) is 4.18. The summed E-state index contributed by atoms with van der Waals surface area (Å²) in [5.41, 5.74) is 0.666. The minimum Gasteiger partial charge on any atom is -0.493 e. The lowest BCUT2D eigenvalue weighted by Crippen LogP contribution is -2.48. The molecule has 0 bridgehead atoms. The first-order valence-electron chi connectivity index (χ1n) is 9.43. The van der Waals surface area contributed by atoms with Crippen molar-refractivity contribution in [1.82, 2.24) is 15.1 Å². The van der Waals surface area contributed by atoms with Gasteiger partial charge in [-0.2, -0.15) is 0 Å². The van der Waals surface area contributed by atoms with Crippen molar-refractivity contribution in [2.45, 2.75) is 25.8 Å². The van der Waals surface area contributed by atoms with E-state index in [1.165, 1.54) is 0 Å². The maximum atomic E-state index is 12.6. The Balaban J connectivity index is 1.51.